The van der Waals surface area contributed by atoms with Gasteiger partial charge < -0.3 is 25.4 Å². The van der Waals surface area contributed by atoms with E-state index in [1.54, 1.807) is 69.5 Å². The molecule has 204 valence electrons. The molecule has 2 aromatic carbocycles. The number of carbonyl (C=O) groups is 3. The first-order chi connectivity index (χ1) is 18.3. The van der Waals surface area contributed by atoms with Gasteiger partial charge in [-0.05, 0) is 81.6 Å². The maximum Gasteiger partial charge on any atom is 0.354 e. The molecule has 0 heterocycles. The predicted octanol–water partition coefficient (Wildman–Crippen LogP) is 4.96. The molecular formula is C28H35ClN4O5. The number of amides is 2. The van der Waals surface area contributed by atoms with Crippen LogP contribution in [0.5, 0.6) is 5.75 Å². The SMILES string of the molecule is CCOC(=O)C(N)=C(CCN(C=O)c1ccc(NC(=O)CCCCCl)cc1)C(C)=Nc1ccc(OC)cc1. The average molecular weight is 543 g/mol. The summed E-state index contributed by atoms with van der Waals surface area (Å²) in [6.07, 6.45) is 2.85. The van der Waals surface area contributed by atoms with Crippen molar-refractivity contribution in [3.05, 3.63) is 59.8 Å². The second kappa shape index (κ2) is 16.1. The van der Waals surface area contributed by atoms with E-state index in [0.717, 1.165) is 12.8 Å². The van der Waals surface area contributed by atoms with E-state index < -0.39 is 5.97 Å². The number of ether oxygens (including phenoxy) is 2. The van der Waals surface area contributed by atoms with Gasteiger partial charge in [-0.2, -0.15) is 0 Å². The normalized spacial score (nSPS) is 11.8. The van der Waals surface area contributed by atoms with Crippen molar-refractivity contribution in [2.75, 3.05) is 36.4 Å². The zero-order chi connectivity index (χ0) is 27.9. The summed E-state index contributed by atoms with van der Waals surface area (Å²) in [7, 11) is 1.58. The van der Waals surface area contributed by atoms with E-state index in [2.05, 4.69) is 10.3 Å². The van der Waals surface area contributed by atoms with Gasteiger partial charge in [0.15, 0.2) is 0 Å². The quantitative estimate of drug-likeness (QED) is 0.0818. The third kappa shape index (κ3) is 9.55. The molecule has 0 radical (unpaired) electrons. The first-order valence-corrected chi connectivity index (χ1v) is 12.9. The topological polar surface area (TPSA) is 123 Å². The van der Waals surface area contributed by atoms with Crippen LogP contribution >= 0.6 is 11.6 Å². The molecule has 0 saturated carbocycles. The van der Waals surface area contributed by atoms with E-state index >= 15 is 0 Å². The average Bonchev–Trinajstić information content (AvgIpc) is 2.92. The number of nitrogens with two attached hydrogens (primary N) is 1. The monoisotopic (exact) mass is 542 g/mol. The van der Waals surface area contributed by atoms with Gasteiger partial charge in [-0.15, -0.1) is 11.6 Å². The first-order valence-electron chi connectivity index (χ1n) is 12.4. The number of esters is 1. The van der Waals surface area contributed by atoms with E-state index in [-0.39, 0.29) is 31.2 Å². The molecule has 0 atom stereocenters. The molecule has 2 amide bonds. The summed E-state index contributed by atoms with van der Waals surface area (Å²) in [6.45, 7) is 3.86. The van der Waals surface area contributed by atoms with E-state index in [1.807, 2.05) is 0 Å². The van der Waals surface area contributed by atoms with Crippen LogP contribution in [0.2, 0.25) is 0 Å². The van der Waals surface area contributed by atoms with Gasteiger partial charge >= 0.3 is 5.97 Å². The van der Waals surface area contributed by atoms with Crippen LogP contribution in [0.3, 0.4) is 0 Å². The number of aliphatic imine (C=N–C) groups is 1. The molecule has 0 aliphatic heterocycles. The Morgan fingerprint density at radius 3 is 2.34 bits per heavy atom. The number of alkyl halides is 1. The van der Waals surface area contributed by atoms with Crippen molar-refractivity contribution in [1.29, 1.82) is 0 Å². The van der Waals surface area contributed by atoms with Crippen molar-refractivity contribution < 1.29 is 23.9 Å². The van der Waals surface area contributed by atoms with Crippen LogP contribution in [0.1, 0.15) is 39.5 Å². The number of benzene rings is 2. The van der Waals surface area contributed by atoms with E-state index in [4.69, 9.17) is 26.8 Å². The lowest BCUT2D eigenvalue weighted by atomic mass is 10.0. The lowest BCUT2D eigenvalue weighted by Crippen LogP contribution is -2.26. The number of methoxy groups -OCH3 is 1. The Kier molecular flexibility index (Phi) is 12.9. The maximum atomic E-state index is 12.4. The summed E-state index contributed by atoms with van der Waals surface area (Å²) < 4.78 is 10.3. The summed E-state index contributed by atoms with van der Waals surface area (Å²) in [5.74, 6) is 0.488. The Morgan fingerprint density at radius 2 is 1.76 bits per heavy atom. The predicted molar refractivity (Wildman–Crippen MR) is 151 cm³/mol. The van der Waals surface area contributed by atoms with E-state index in [0.29, 0.717) is 52.8 Å². The molecule has 0 aromatic heterocycles. The van der Waals surface area contributed by atoms with Gasteiger partial charge in [0.1, 0.15) is 11.4 Å². The fourth-order valence-corrected chi connectivity index (χ4v) is 3.76. The van der Waals surface area contributed by atoms with Gasteiger partial charge in [0.25, 0.3) is 0 Å². The summed E-state index contributed by atoms with van der Waals surface area (Å²) in [4.78, 5) is 42.5. The number of anilines is 2. The number of hydrogen-bond acceptors (Lipinski definition) is 7. The molecule has 10 heteroatoms. The summed E-state index contributed by atoms with van der Waals surface area (Å²) in [6, 6.07) is 14.1. The van der Waals surface area contributed by atoms with Gasteiger partial charge in [0, 0.05) is 41.5 Å². The van der Waals surface area contributed by atoms with Crippen molar-refractivity contribution in [2.24, 2.45) is 10.7 Å². The Hall–Kier alpha value is -3.85. The van der Waals surface area contributed by atoms with Crippen molar-refractivity contribution in [1.82, 2.24) is 0 Å². The van der Waals surface area contributed by atoms with Crippen LogP contribution in [0.4, 0.5) is 17.1 Å². The zero-order valence-corrected chi connectivity index (χ0v) is 22.8. The van der Waals surface area contributed by atoms with Gasteiger partial charge in [-0.1, -0.05) is 0 Å². The number of nitrogens with zero attached hydrogens (tertiary/aromatic N) is 2. The first kappa shape index (κ1) is 30.4. The number of nitrogens with one attached hydrogen (secondary N) is 1. The van der Waals surface area contributed by atoms with Crippen LogP contribution in [-0.4, -0.2) is 50.1 Å². The molecule has 2 aromatic rings. The number of unbranched alkanes of at least 4 members (excludes halogenated alkanes) is 1. The second-order valence-electron chi connectivity index (χ2n) is 8.30. The number of rotatable bonds is 15. The van der Waals surface area contributed by atoms with Crippen LogP contribution in [0, 0.1) is 0 Å². The highest BCUT2D eigenvalue weighted by Crippen LogP contribution is 2.22. The molecule has 2 rings (SSSR count). The molecule has 0 unspecified atom stereocenters. The van der Waals surface area contributed by atoms with Crippen LogP contribution in [0.15, 0.2) is 64.8 Å². The highest BCUT2D eigenvalue weighted by atomic mass is 35.5. The lowest BCUT2D eigenvalue weighted by Gasteiger charge is -2.20. The lowest BCUT2D eigenvalue weighted by molar-refractivity contribution is -0.138. The van der Waals surface area contributed by atoms with Crippen molar-refractivity contribution >= 4 is 52.7 Å². The van der Waals surface area contributed by atoms with Crippen LogP contribution in [0.25, 0.3) is 0 Å². The fraction of sp³-hybridized carbons (Fsp3) is 0.357. The van der Waals surface area contributed by atoms with E-state index in [9.17, 15) is 14.4 Å². The zero-order valence-electron chi connectivity index (χ0n) is 22.0. The maximum absolute atomic E-state index is 12.4. The Morgan fingerprint density at radius 1 is 1.08 bits per heavy atom. The van der Waals surface area contributed by atoms with Gasteiger partial charge in [0.05, 0.1) is 19.4 Å². The third-order valence-corrected chi connectivity index (χ3v) is 5.89. The molecule has 0 aliphatic carbocycles. The van der Waals surface area contributed by atoms with Gasteiger partial charge in [-0.3, -0.25) is 14.6 Å². The van der Waals surface area contributed by atoms with Crippen molar-refractivity contribution in [3.8, 4) is 5.75 Å². The number of carbonyl (C=O) groups excluding carboxylic acids is 3. The van der Waals surface area contributed by atoms with Crippen molar-refractivity contribution in [2.45, 2.75) is 39.5 Å². The Balaban J connectivity index is 2.19. The molecule has 0 spiro atoms. The fourth-order valence-electron chi connectivity index (χ4n) is 3.58. The minimum absolute atomic E-state index is 0.0558. The summed E-state index contributed by atoms with van der Waals surface area (Å²) in [5, 5.41) is 2.83. The van der Waals surface area contributed by atoms with Crippen LogP contribution < -0.4 is 20.7 Å². The highest BCUT2D eigenvalue weighted by Gasteiger charge is 2.18. The molecule has 0 saturated heterocycles. The number of halogens is 1. The molecular weight excluding hydrogens is 508 g/mol. The van der Waals surface area contributed by atoms with Crippen molar-refractivity contribution in [3.63, 3.8) is 0 Å². The molecule has 0 bridgehead atoms. The van der Waals surface area contributed by atoms with Gasteiger partial charge in [-0.25, -0.2) is 4.79 Å². The Bertz CT molecular complexity index is 1130. The second-order valence-corrected chi connectivity index (χ2v) is 8.68. The summed E-state index contributed by atoms with van der Waals surface area (Å²) >= 11 is 5.65. The molecule has 0 fully saturated rings. The third-order valence-electron chi connectivity index (χ3n) is 5.63. The Labute approximate surface area is 228 Å². The molecule has 9 nitrogen and oxygen atoms in total. The number of hydrogen-bond donors (Lipinski definition) is 2. The van der Waals surface area contributed by atoms with E-state index in [1.165, 1.54) is 4.90 Å². The summed E-state index contributed by atoms with van der Waals surface area (Å²) in [5.41, 5.74) is 9.03. The standard InChI is InChI=1S/C28H35ClN4O5/c1-4-38-28(36)27(30)25(20(2)31-21-10-14-24(37-3)15-11-21)16-18-33(19-34)23-12-8-22(9-13-23)32-26(35)7-5-6-17-29/h8-15,19H,4-7,16-18,30H2,1-3H3,(H,32,35). The molecule has 38 heavy (non-hydrogen) atoms. The minimum atomic E-state index is -0.643. The van der Waals surface area contributed by atoms with Gasteiger partial charge in [0.2, 0.25) is 12.3 Å². The largest absolute Gasteiger partial charge is 0.497 e. The molecule has 0 aliphatic rings. The highest BCUT2D eigenvalue weighted by molar-refractivity contribution is 6.17. The van der Waals surface area contributed by atoms with Crippen LogP contribution in [-0.2, 0) is 19.1 Å². The minimum Gasteiger partial charge on any atom is -0.497 e. The molecule has 3 N–H and O–H groups in total. The smallest absolute Gasteiger partial charge is 0.354 e.